The fourth-order valence-electron chi connectivity index (χ4n) is 1.49. The number of hydrogen-bond donors (Lipinski definition) is 2. The number of amides is 1. The summed E-state index contributed by atoms with van der Waals surface area (Å²) in [5.74, 6) is -0.431. The number of benzene rings is 1. The molecule has 2 aromatic rings. The van der Waals surface area contributed by atoms with Gasteiger partial charge < -0.3 is 15.8 Å². The molecule has 5 nitrogen and oxygen atoms in total. The number of nitrogens with zero attached hydrogens (tertiary/aromatic N) is 1. The van der Waals surface area contributed by atoms with Crippen LogP contribution in [0.2, 0.25) is 0 Å². The normalized spacial score (nSPS) is 10.3. The standard InChI is InChI=1S/C13H11F2N3O2/c14-13(15)20-10-3-1-9(2-4-10)18-12(19)11-7-8(16)5-6-17-11/h1-7,13H,(H2,16,17)(H,18,19). The molecule has 1 aromatic carbocycles. The minimum absolute atomic E-state index is 0.0140. The Bertz CT molecular complexity index is 603. The predicted molar refractivity (Wildman–Crippen MR) is 69.7 cm³/mol. The number of pyridine rings is 1. The molecule has 20 heavy (non-hydrogen) atoms. The van der Waals surface area contributed by atoms with Gasteiger partial charge in [0.1, 0.15) is 11.4 Å². The molecule has 0 bridgehead atoms. The third-order valence-electron chi connectivity index (χ3n) is 2.35. The molecule has 0 saturated heterocycles. The topological polar surface area (TPSA) is 77.2 Å². The van der Waals surface area contributed by atoms with Crippen molar-refractivity contribution < 1.29 is 18.3 Å². The van der Waals surface area contributed by atoms with Crippen LogP contribution in [-0.4, -0.2) is 17.5 Å². The number of nitrogens with one attached hydrogen (secondary N) is 1. The highest BCUT2D eigenvalue weighted by atomic mass is 19.3. The van der Waals surface area contributed by atoms with Crippen LogP contribution >= 0.6 is 0 Å². The van der Waals surface area contributed by atoms with Crippen molar-refractivity contribution in [3.63, 3.8) is 0 Å². The quantitative estimate of drug-likeness (QED) is 0.901. The van der Waals surface area contributed by atoms with Crippen LogP contribution in [0.15, 0.2) is 42.6 Å². The lowest BCUT2D eigenvalue weighted by atomic mass is 10.2. The highest BCUT2D eigenvalue weighted by Gasteiger charge is 2.08. The lowest BCUT2D eigenvalue weighted by molar-refractivity contribution is -0.0498. The van der Waals surface area contributed by atoms with Crippen molar-refractivity contribution in [2.45, 2.75) is 6.61 Å². The van der Waals surface area contributed by atoms with Gasteiger partial charge in [-0.2, -0.15) is 8.78 Å². The van der Waals surface area contributed by atoms with E-state index < -0.39 is 12.5 Å². The van der Waals surface area contributed by atoms with E-state index in [2.05, 4.69) is 15.0 Å². The molecule has 104 valence electrons. The van der Waals surface area contributed by atoms with Gasteiger partial charge >= 0.3 is 6.61 Å². The monoisotopic (exact) mass is 279 g/mol. The lowest BCUT2D eigenvalue weighted by Gasteiger charge is -2.07. The number of halogens is 2. The van der Waals surface area contributed by atoms with Crippen LogP contribution in [0.1, 0.15) is 10.5 Å². The van der Waals surface area contributed by atoms with Crippen molar-refractivity contribution in [2.75, 3.05) is 11.1 Å². The minimum Gasteiger partial charge on any atom is -0.435 e. The van der Waals surface area contributed by atoms with Crippen molar-refractivity contribution in [1.29, 1.82) is 0 Å². The zero-order valence-corrected chi connectivity index (χ0v) is 10.2. The minimum atomic E-state index is -2.88. The first-order chi connectivity index (χ1) is 9.54. The SMILES string of the molecule is Nc1ccnc(C(=O)Nc2ccc(OC(F)F)cc2)c1. The average Bonchev–Trinajstić information content (AvgIpc) is 2.40. The van der Waals surface area contributed by atoms with E-state index in [9.17, 15) is 13.6 Å². The van der Waals surface area contributed by atoms with Gasteiger partial charge in [0.15, 0.2) is 0 Å². The maximum absolute atomic E-state index is 12.0. The first-order valence-corrected chi connectivity index (χ1v) is 5.62. The largest absolute Gasteiger partial charge is 0.435 e. The van der Waals surface area contributed by atoms with Gasteiger partial charge in [-0.05, 0) is 36.4 Å². The van der Waals surface area contributed by atoms with Crippen molar-refractivity contribution in [3.05, 3.63) is 48.3 Å². The molecule has 0 aliphatic rings. The van der Waals surface area contributed by atoms with Crippen LogP contribution in [0.5, 0.6) is 5.75 Å². The van der Waals surface area contributed by atoms with Crippen molar-refractivity contribution in [2.24, 2.45) is 0 Å². The highest BCUT2D eigenvalue weighted by molar-refractivity contribution is 6.03. The van der Waals surface area contributed by atoms with E-state index in [0.29, 0.717) is 11.4 Å². The Morgan fingerprint density at radius 3 is 2.55 bits per heavy atom. The molecule has 0 atom stereocenters. The zero-order chi connectivity index (χ0) is 14.5. The number of carbonyl (C=O) groups excluding carboxylic acids is 1. The smallest absolute Gasteiger partial charge is 0.387 e. The summed E-state index contributed by atoms with van der Waals surface area (Å²) >= 11 is 0. The number of nitrogens with two attached hydrogens (primary N) is 1. The van der Waals surface area contributed by atoms with Gasteiger partial charge in [0.05, 0.1) is 0 Å². The van der Waals surface area contributed by atoms with Crippen LogP contribution in [-0.2, 0) is 0 Å². The Morgan fingerprint density at radius 2 is 1.95 bits per heavy atom. The molecule has 0 spiro atoms. The van der Waals surface area contributed by atoms with Crippen molar-refractivity contribution in [1.82, 2.24) is 4.98 Å². The Morgan fingerprint density at radius 1 is 1.25 bits per heavy atom. The number of aromatic nitrogens is 1. The summed E-state index contributed by atoms with van der Waals surface area (Å²) in [4.78, 5) is 15.7. The Labute approximate surface area is 113 Å². The Hall–Kier alpha value is -2.70. The molecule has 0 radical (unpaired) electrons. The van der Waals surface area contributed by atoms with E-state index in [1.807, 2.05) is 0 Å². The highest BCUT2D eigenvalue weighted by Crippen LogP contribution is 2.18. The molecular weight excluding hydrogens is 268 g/mol. The molecule has 3 N–H and O–H groups in total. The number of carbonyl (C=O) groups is 1. The molecular formula is C13H11F2N3O2. The second-order valence-corrected chi connectivity index (χ2v) is 3.83. The van der Waals surface area contributed by atoms with Crippen LogP contribution in [0, 0.1) is 0 Å². The van der Waals surface area contributed by atoms with E-state index in [1.165, 1.54) is 36.5 Å². The molecule has 1 amide bonds. The van der Waals surface area contributed by atoms with Gasteiger partial charge in [-0.15, -0.1) is 0 Å². The molecule has 0 aliphatic carbocycles. The molecule has 1 heterocycles. The summed E-state index contributed by atoms with van der Waals surface area (Å²) in [5.41, 5.74) is 6.57. The third kappa shape index (κ3) is 3.64. The summed E-state index contributed by atoms with van der Waals surface area (Å²) in [7, 11) is 0. The number of hydrogen-bond acceptors (Lipinski definition) is 4. The molecule has 0 fully saturated rings. The first kappa shape index (κ1) is 13.7. The summed E-state index contributed by atoms with van der Waals surface area (Å²) in [6.45, 7) is -2.88. The van der Waals surface area contributed by atoms with Gasteiger partial charge in [-0.25, -0.2) is 0 Å². The number of ether oxygens (including phenoxy) is 1. The average molecular weight is 279 g/mol. The molecule has 0 unspecified atom stereocenters. The fourth-order valence-corrected chi connectivity index (χ4v) is 1.49. The summed E-state index contributed by atoms with van der Waals surface area (Å²) in [6, 6.07) is 8.55. The van der Waals surface area contributed by atoms with Crippen LogP contribution in [0.3, 0.4) is 0 Å². The van der Waals surface area contributed by atoms with E-state index in [4.69, 9.17) is 5.73 Å². The van der Waals surface area contributed by atoms with Crippen LogP contribution < -0.4 is 15.8 Å². The van der Waals surface area contributed by atoms with Gasteiger partial charge in [0.25, 0.3) is 5.91 Å². The van der Waals surface area contributed by atoms with Crippen molar-refractivity contribution >= 4 is 17.3 Å². The molecule has 2 rings (SSSR count). The number of anilines is 2. The van der Waals surface area contributed by atoms with Gasteiger partial charge in [0, 0.05) is 17.6 Å². The van der Waals surface area contributed by atoms with Gasteiger partial charge in [-0.1, -0.05) is 0 Å². The Balaban J connectivity index is 2.04. The van der Waals surface area contributed by atoms with E-state index in [0.717, 1.165) is 0 Å². The van der Waals surface area contributed by atoms with Gasteiger partial charge in [-0.3, -0.25) is 9.78 Å². The lowest BCUT2D eigenvalue weighted by Crippen LogP contribution is -2.13. The van der Waals surface area contributed by atoms with Crippen molar-refractivity contribution in [3.8, 4) is 5.75 Å². The third-order valence-corrected chi connectivity index (χ3v) is 2.35. The molecule has 0 aliphatic heterocycles. The number of nitrogen functional groups attached to an aromatic ring is 1. The maximum atomic E-state index is 12.0. The zero-order valence-electron chi connectivity index (χ0n) is 10.2. The second kappa shape index (κ2) is 5.96. The van der Waals surface area contributed by atoms with E-state index in [-0.39, 0.29) is 11.4 Å². The Kier molecular flexibility index (Phi) is 4.09. The summed E-state index contributed by atoms with van der Waals surface area (Å²) in [6.07, 6.45) is 1.42. The maximum Gasteiger partial charge on any atom is 0.387 e. The van der Waals surface area contributed by atoms with Crippen LogP contribution in [0.4, 0.5) is 20.2 Å². The first-order valence-electron chi connectivity index (χ1n) is 5.62. The number of alkyl halides is 2. The molecule has 0 saturated carbocycles. The van der Waals surface area contributed by atoms with E-state index >= 15 is 0 Å². The molecule has 1 aromatic heterocycles. The summed E-state index contributed by atoms with van der Waals surface area (Å²) < 4.78 is 28.2. The van der Waals surface area contributed by atoms with Crippen LogP contribution in [0.25, 0.3) is 0 Å². The second-order valence-electron chi connectivity index (χ2n) is 3.83. The molecule has 7 heteroatoms. The van der Waals surface area contributed by atoms with E-state index in [1.54, 1.807) is 6.07 Å². The number of rotatable bonds is 4. The fraction of sp³-hybridized carbons (Fsp3) is 0.0769. The summed E-state index contributed by atoms with van der Waals surface area (Å²) in [5, 5.41) is 2.57. The predicted octanol–water partition coefficient (Wildman–Crippen LogP) is 2.52. The van der Waals surface area contributed by atoms with Gasteiger partial charge in [0.2, 0.25) is 0 Å².